The number of carbonyl (C=O) groups is 1. The van der Waals surface area contributed by atoms with Crippen LogP contribution in [0.1, 0.15) is 16.9 Å². The zero-order valence-corrected chi connectivity index (χ0v) is 11.1. The number of aliphatic hydroxyl groups is 1. The van der Waals surface area contributed by atoms with Crippen molar-refractivity contribution < 1.29 is 19.4 Å². The molecule has 0 spiro atoms. The Bertz CT molecular complexity index is 423. The fourth-order valence-electron chi connectivity index (χ4n) is 2.05. The van der Waals surface area contributed by atoms with Crippen LogP contribution in [0.15, 0.2) is 5.38 Å². The molecule has 0 unspecified atom stereocenters. The van der Waals surface area contributed by atoms with Crippen molar-refractivity contribution in [3.8, 4) is 0 Å². The van der Waals surface area contributed by atoms with Gasteiger partial charge in [-0.2, -0.15) is 0 Å². The Morgan fingerprint density at radius 3 is 3.06 bits per heavy atom. The van der Waals surface area contributed by atoms with Crippen molar-refractivity contribution >= 4 is 22.4 Å². The van der Waals surface area contributed by atoms with Crippen LogP contribution < -0.4 is 4.90 Å². The number of carbonyl (C=O) groups excluding carboxylic acids is 1. The Hall–Kier alpha value is -1.18. The van der Waals surface area contributed by atoms with Gasteiger partial charge in [0.1, 0.15) is 0 Å². The lowest BCUT2D eigenvalue weighted by Gasteiger charge is -2.21. The van der Waals surface area contributed by atoms with Crippen LogP contribution in [0, 0.1) is 0 Å². The van der Waals surface area contributed by atoms with Gasteiger partial charge in [-0.15, -0.1) is 11.3 Å². The number of anilines is 1. The minimum absolute atomic E-state index is 0.00778. The minimum atomic E-state index is -0.444. The van der Waals surface area contributed by atoms with Gasteiger partial charge in [-0.05, 0) is 6.42 Å². The van der Waals surface area contributed by atoms with E-state index in [9.17, 15) is 9.90 Å². The second-order valence-corrected chi connectivity index (χ2v) is 4.93. The van der Waals surface area contributed by atoms with Gasteiger partial charge in [0, 0.05) is 19.0 Å². The number of aromatic nitrogens is 1. The number of hydrogen-bond acceptors (Lipinski definition) is 7. The summed E-state index contributed by atoms with van der Waals surface area (Å²) in [6, 6.07) is -0.00778. The lowest BCUT2D eigenvalue weighted by molar-refractivity contribution is 0.0595. The molecule has 2 rings (SSSR count). The molecule has 0 saturated carbocycles. The number of thiazole rings is 1. The number of esters is 1. The summed E-state index contributed by atoms with van der Waals surface area (Å²) in [4.78, 5) is 17.6. The average Bonchev–Trinajstić information content (AvgIpc) is 3.03. The number of hydrogen-bond donors (Lipinski definition) is 1. The van der Waals surface area contributed by atoms with Gasteiger partial charge >= 0.3 is 5.97 Å². The number of aliphatic hydroxyl groups excluding tert-OH is 1. The Kier molecular flexibility index (Phi) is 4.15. The summed E-state index contributed by atoms with van der Waals surface area (Å²) in [6.07, 6.45) is 0.854. The fraction of sp³-hybridized carbons (Fsp3) is 0.636. The van der Waals surface area contributed by atoms with E-state index in [1.54, 1.807) is 12.5 Å². The van der Waals surface area contributed by atoms with Gasteiger partial charge in [0.15, 0.2) is 10.8 Å². The van der Waals surface area contributed by atoms with Gasteiger partial charge < -0.3 is 19.5 Å². The second-order valence-electron chi connectivity index (χ2n) is 4.09. The molecular weight excluding hydrogens is 256 g/mol. The topological polar surface area (TPSA) is 71.9 Å². The van der Waals surface area contributed by atoms with E-state index in [1.165, 1.54) is 18.4 Å². The lowest BCUT2D eigenvalue weighted by atomic mass is 10.2. The molecule has 7 heteroatoms. The highest BCUT2D eigenvalue weighted by molar-refractivity contribution is 7.13. The largest absolute Gasteiger partial charge is 0.464 e. The molecule has 1 aromatic rings. The lowest BCUT2D eigenvalue weighted by Crippen LogP contribution is -2.32. The third-order valence-corrected chi connectivity index (χ3v) is 3.93. The van der Waals surface area contributed by atoms with Gasteiger partial charge in [0.05, 0.1) is 25.9 Å². The number of rotatable bonds is 4. The van der Waals surface area contributed by atoms with Crippen molar-refractivity contribution in [3.63, 3.8) is 0 Å². The van der Waals surface area contributed by atoms with E-state index in [1.807, 2.05) is 4.90 Å². The number of methoxy groups -OCH3 is 2. The summed E-state index contributed by atoms with van der Waals surface area (Å²) < 4.78 is 9.92. The first-order chi connectivity index (χ1) is 8.69. The maximum Gasteiger partial charge on any atom is 0.357 e. The smallest absolute Gasteiger partial charge is 0.357 e. The summed E-state index contributed by atoms with van der Waals surface area (Å²) in [5, 5.41) is 11.7. The van der Waals surface area contributed by atoms with E-state index in [0.29, 0.717) is 17.4 Å². The normalized spacial score (nSPS) is 23.4. The van der Waals surface area contributed by atoms with Crippen LogP contribution in [-0.4, -0.2) is 55.6 Å². The molecule has 1 aliphatic heterocycles. The highest BCUT2D eigenvalue weighted by atomic mass is 32.1. The minimum Gasteiger partial charge on any atom is -0.464 e. The molecule has 1 aliphatic rings. The molecule has 1 saturated heterocycles. The third-order valence-electron chi connectivity index (χ3n) is 3.05. The maximum atomic E-state index is 11.3. The second kappa shape index (κ2) is 5.64. The molecule has 0 aromatic carbocycles. The molecule has 100 valence electrons. The average molecular weight is 272 g/mol. The molecule has 1 aromatic heterocycles. The Morgan fingerprint density at radius 2 is 2.44 bits per heavy atom. The van der Waals surface area contributed by atoms with Crippen LogP contribution in [0.25, 0.3) is 0 Å². The number of ether oxygens (including phenoxy) is 2. The van der Waals surface area contributed by atoms with Crippen molar-refractivity contribution in [2.75, 3.05) is 32.3 Å². The zero-order valence-electron chi connectivity index (χ0n) is 10.3. The van der Waals surface area contributed by atoms with E-state index in [0.717, 1.165) is 6.42 Å². The van der Waals surface area contributed by atoms with Gasteiger partial charge in [-0.25, -0.2) is 9.78 Å². The third kappa shape index (κ3) is 2.47. The van der Waals surface area contributed by atoms with Gasteiger partial charge in [0.2, 0.25) is 0 Å². The molecule has 0 amide bonds. The summed E-state index contributed by atoms with van der Waals surface area (Å²) in [6.45, 7) is 0.725. The highest BCUT2D eigenvalue weighted by Crippen LogP contribution is 2.29. The Balaban J connectivity index is 2.15. The summed E-state index contributed by atoms with van der Waals surface area (Å²) in [5.74, 6) is -0.444. The standard InChI is InChI=1S/C11H16N2O4S/c1-16-8-3-7(5-14)13(4-8)11-12-9(6-18-11)10(15)17-2/h6-8,14H,3-5H2,1-2H3/t7-,8+/m1/s1. The quantitative estimate of drug-likeness (QED) is 0.806. The monoisotopic (exact) mass is 272 g/mol. The molecule has 18 heavy (non-hydrogen) atoms. The molecule has 2 heterocycles. The van der Waals surface area contributed by atoms with Crippen LogP contribution in [-0.2, 0) is 9.47 Å². The van der Waals surface area contributed by atoms with Gasteiger partial charge in [-0.3, -0.25) is 0 Å². The molecule has 2 atom stereocenters. The molecule has 0 radical (unpaired) electrons. The van der Waals surface area contributed by atoms with E-state index >= 15 is 0 Å². The van der Waals surface area contributed by atoms with Crippen molar-refractivity contribution in [2.24, 2.45) is 0 Å². The van der Waals surface area contributed by atoms with Crippen molar-refractivity contribution in [3.05, 3.63) is 11.1 Å². The molecule has 1 N–H and O–H groups in total. The Labute approximate surface area is 109 Å². The molecule has 0 aliphatic carbocycles. The van der Waals surface area contributed by atoms with E-state index in [4.69, 9.17) is 4.74 Å². The van der Waals surface area contributed by atoms with Crippen LogP contribution in [0.3, 0.4) is 0 Å². The first-order valence-electron chi connectivity index (χ1n) is 5.63. The maximum absolute atomic E-state index is 11.3. The van der Waals surface area contributed by atoms with Crippen LogP contribution in [0.2, 0.25) is 0 Å². The zero-order chi connectivity index (χ0) is 13.1. The fourth-order valence-corrected chi connectivity index (χ4v) is 2.92. The number of nitrogens with zero attached hydrogens (tertiary/aromatic N) is 2. The van der Waals surface area contributed by atoms with Crippen molar-refractivity contribution in [2.45, 2.75) is 18.6 Å². The predicted octanol–water partition coefficient (Wildman–Crippen LogP) is 0.516. The summed E-state index contributed by atoms with van der Waals surface area (Å²) >= 11 is 1.37. The van der Waals surface area contributed by atoms with Crippen LogP contribution in [0.5, 0.6) is 0 Å². The Morgan fingerprint density at radius 1 is 1.67 bits per heavy atom. The van der Waals surface area contributed by atoms with Crippen LogP contribution in [0.4, 0.5) is 5.13 Å². The molecule has 6 nitrogen and oxygen atoms in total. The van der Waals surface area contributed by atoms with Crippen LogP contribution >= 0.6 is 11.3 Å². The first kappa shape index (κ1) is 13.3. The predicted molar refractivity (Wildman–Crippen MR) is 67.1 cm³/mol. The van der Waals surface area contributed by atoms with Crippen molar-refractivity contribution in [1.82, 2.24) is 4.98 Å². The van der Waals surface area contributed by atoms with Gasteiger partial charge in [-0.1, -0.05) is 0 Å². The summed E-state index contributed by atoms with van der Waals surface area (Å²) in [5.41, 5.74) is 0.301. The molecular formula is C11H16N2O4S. The van der Waals surface area contributed by atoms with E-state index in [2.05, 4.69) is 9.72 Å². The van der Waals surface area contributed by atoms with Crippen molar-refractivity contribution in [1.29, 1.82) is 0 Å². The summed E-state index contributed by atoms with van der Waals surface area (Å²) in [7, 11) is 2.99. The highest BCUT2D eigenvalue weighted by Gasteiger charge is 2.33. The van der Waals surface area contributed by atoms with E-state index < -0.39 is 5.97 Å². The molecule has 1 fully saturated rings. The molecule has 0 bridgehead atoms. The SMILES string of the molecule is COC(=O)c1csc(N2C[C@@H](OC)C[C@@H]2CO)n1. The van der Waals surface area contributed by atoms with E-state index in [-0.39, 0.29) is 18.8 Å². The van der Waals surface area contributed by atoms with Gasteiger partial charge in [0.25, 0.3) is 0 Å². The first-order valence-corrected chi connectivity index (χ1v) is 6.51.